The average molecular weight is 282 g/mol. The maximum absolute atomic E-state index is 12.8. The molecule has 0 fully saturated rings. The highest BCUT2D eigenvalue weighted by atomic mass is 16.3. The van der Waals surface area contributed by atoms with Crippen molar-refractivity contribution in [3.05, 3.63) is 59.4 Å². The predicted molar refractivity (Wildman–Crippen MR) is 81.3 cm³/mol. The van der Waals surface area contributed by atoms with Crippen LogP contribution in [0.1, 0.15) is 40.6 Å². The molecule has 1 amide bonds. The standard InChI is InChI=1S/C17H18N2O2/c1-12-11-13(8-9-18-12)17(21)19-10-4-7-16(20)14-5-2-3-6-15(14)19/h2-3,5-6,8-9,11,16,20H,4,7,10H2,1H3. The van der Waals surface area contributed by atoms with E-state index >= 15 is 0 Å². The Morgan fingerprint density at radius 3 is 2.95 bits per heavy atom. The summed E-state index contributed by atoms with van der Waals surface area (Å²) in [5.74, 6) is -0.0398. The van der Waals surface area contributed by atoms with Crippen molar-refractivity contribution in [2.45, 2.75) is 25.9 Å². The van der Waals surface area contributed by atoms with Crippen LogP contribution in [0.3, 0.4) is 0 Å². The van der Waals surface area contributed by atoms with Crippen molar-refractivity contribution in [1.82, 2.24) is 4.98 Å². The van der Waals surface area contributed by atoms with Crippen LogP contribution < -0.4 is 4.90 Å². The fourth-order valence-electron chi connectivity index (χ4n) is 2.78. The Morgan fingerprint density at radius 2 is 2.14 bits per heavy atom. The maximum atomic E-state index is 12.8. The Labute approximate surface area is 124 Å². The van der Waals surface area contributed by atoms with Crippen LogP contribution in [0.5, 0.6) is 0 Å². The van der Waals surface area contributed by atoms with Crippen molar-refractivity contribution >= 4 is 11.6 Å². The highest BCUT2D eigenvalue weighted by Crippen LogP contribution is 2.33. The number of carbonyl (C=O) groups is 1. The average Bonchev–Trinajstić information content (AvgIpc) is 2.66. The summed E-state index contributed by atoms with van der Waals surface area (Å²) < 4.78 is 0. The smallest absolute Gasteiger partial charge is 0.258 e. The number of aliphatic hydroxyl groups is 1. The summed E-state index contributed by atoms with van der Waals surface area (Å²) in [6.07, 6.45) is 2.61. The molecule has 1 aliphatic rings. The Bertz CT molecular complexity index is 669. The maximum Gasteiger partial charge on any atom is 0.258 e. The molecule has 0 spiro atoms. The van der Waals surface area contributed by atoms with Gasteiger partial charge in [0.25, 0.3) is 5.91 Å². The van der Waals surface area contributed by atoms with E-state index in [1.54, 1.807) is 23.2 Å². The second-order valence-corrected chi connectivity index (χ2v) is 5.36. The van der Waals surface area contributed by atoms with Crippen molar-refractivity contribution < 1.29 is 9.90 Å². The molecule has 0 saturated heterocycles. The van der Waals surface area contributed by atoms with E-state index in [1.807, 2.05) is 31.2 Å². The zero-order chi connectivity index (χ0) is 14.8. The molecule has 0 radical (unpaired) electrons. The third kappa shape index (κ3) is 2.67. The first-order valence-corrected chi connectivity index (χ1v) is 7.18. The Hall–Kier alpha value is -2.20. The minimum absolute atomic E-state index is 0.0398. The van der Waals surface area contributed by atoms with Crippen LogP contribution in [-0.4, -0.2) is 22.5 Å². The van der Waals surface area contributed by atoms with Gasteiger partial charge >= 0.3 is 0 Å². The fourth-order valence-corrected chi connectivity index (χ4v) is 2.78. The zero-order valence-electron chi connectivity index (χ0n) is 12.0. The molecule has 108 valence electrons. The molecular formula is C17H18N2O2. The number of fused-ring (bicyclic) bond motifs is 1. The van der Waals surface area contributed by atoms with Gasteiger partial charge in [-0.25, -0.2) is 0 Å². The highest BCUT2D eigenvalue weighted by Gasteiger charge is 2.25. The van der Waals surface area contributed by atoms with Gasteiger partial charge in [-0.05, 0) is 38.0 Å². The minimum atomic E-state index is -0.502. The van der Waals surface area contributed by atoms with E-state index in [2.05, 4.69) is 4.98 Å². The lowest BCUT2D eigenvalue weighted by Gasteiger charge is -2.23. The number of benzene rings is 1. The van der Waals surface area contributed by atoms with Crippen molar-refractivity contribution in [1.29, 1.82) is 0 Å². The van der Waals surface area contributed by atoms with Gasteiger partial charge in [0.15, 0.2) is 0 Å². The number of pyridine rings is 1. The van der Waals surface area contributed by atoms with Crippen LogP contribution in [0.2, 0.25) is 0 Å². The normalized spacial score (nSPS) is 18.0. The Balaban J connectivity index is 2.02. The number of hydrogen-bond acceptors (Lipinski definition) is 3. The molecule has 1 aromatic carbocycles. The first-order valence-electron chi connectivity index (χ1n) is 7.18. The summed E-state index contributed by atoms with van der Waals surface area (Å²) in [5, 5.41) is 10.2. The Kier molecular flexibility index (Phi) is 3.71. The van der Waals surface area contributed by atoms with E-state index in [-0.39, 0.29) is 5.91 Å². The molecule has 4 heteroatoms. The molecule has 1 atom stereocenters. The van der Waals surface area contributed by atoms with Gasteiger partial charge in [0.2, 0.25) is 0 Å². The lowest BCUT2D eigenvalue weighted by molar-refractivity contribution is 0.0986. The minimum Gasteiger partial charge on any atom is -0.388 e. The predicted octanol–water partition coefficient (Wildman–Crippen LogP) is 2.86. The van der Waals surface area contributed by atoms with E-state index in [0.29, 0.717) is 18.5 Å². The Morgan fingerprint density at radius 1 is 1.33 bits per heavy atom. The van der Waals surface area contributed by atoms with Crippen LogP contribution in [0.4, 0.5) is 5.69 Å². The topological polar surface area (TPSA) is 53.4 Å². The quantitative estimate of drug-likeness (QED) is 0.875. The van der Waals surface area contributed by atoms with Crippen molar-refractivity contribution in [3.8, 4) is 0 Å². The second kappa shape index (κ2) is 5.66. The van der Waals surface area contributed by atoms with E-state index in [0.717, 1.165) is 23.4 Å². The molecule has 4 nitrogen and oxygen atoms in total. The first-order chi connectivity index (χ1) is 10.2. The number of nitrogens with zero attached hydrogens (tertiary/aromatic N) is 2. The zero-order valence-corrected chi connectivity index (χ0v) is 12.0. The van der Waals surface area contributed by atoms with Gasteiger partial charge in [-0.2, -0.15) is 0 Å². The van der Waals surface area contributed by atoms with Crippen molar-refractivity contribution in [2.24, 2.45) is 0 Å². The number of anilines is 1. The molecule has 1 N–H and O–H groups in total. The molecule has 3 rings (SSSR count). The fraction of sp³-hybridized carbons (Fsp3) is 0.294. The summed E-state index contributed by atoms with van der Waals surface area (Å²) in [5.41, 5.74) is 3.09. The number of aliphatic hydroxyl groups excluding tert-OH is 1. The van der Waals surface area contributed by atoms with Gasteiger partial charge < -0.3 is 10.0 Å². The monoisotopic (exact) mass is 282 g/mol. The van der Waals surface area contributed by atoms with E-state index < -0.39 is 6.10 Å². The number of hydrogen-bond donors (Lipinski definition) is 1. The number of amides is 1. The summed E-state index contributed by atoms with van der Waals surface area (Å²) >= 11 is 0. The number of para-hydroxylation sites is 1. The summed E-state index contributed by atoms with van der Waals surface area (Å²) in [6, 6.07) is 11.1. The SMILES string of the molecule is Cc1cc(C(=O)N2CCCC(O)c3ccccc32)ccn1. The lowest BCUT2D eigenvalue weighted by atomic mass is 10.0. The highest BCUT2D eigenvalue weighted by molar-refractivity contribution is 6.06. The van der Waals surface area contributed by atoms with Crippen LogP contribution in [-0.2, 0) is 0 Å². The molecule has 2 heterocycles. The number of aryl methyl sites for hydroxylation is 1. The van der Waals surface area contributed by atoms with Gasteiger partial charge in [0, 0.05) is 35.2 Å². The largest absolute Gasteiger partial charge is 0.388 e. The van der Waals surface area contributed by atoms with Crippen LogP contribution in [0.15, 0.2) is 42.6 Å². The molecule has 2 aromatic rings. The van der Waals surface area contributed by atoms with Crippen molar-refractivity contribution in [2.75, 3.05) is 11.4 Å². The van der Waals surface area contributed by atoms with Gasteiger partial charge in [-0.1, -0.05) is 18.2 Å². The molecule has 0 aliphatic carbocycles. The molecule has 21 heavy (non-hydrogen) atoms. The van der Waals surface area contributed by atoms with Gasteiger partial charge in [0.1, 0.15) is 0 Å². The summed E-state index contributed by atoms with van der Waals surface area (Å²) in [6.45, 7) is 2.49. The molecule has 1 aliphatic heterocycles. The van der Waals surface area contributed by atoms with E-state index in [4.69, 9.17) is 0 Å². The second-order valence-electron chi connectivity index (χ2n) is 5.36. The molecule has 0 bridgehead atoms. The first kappa shape index (κ1) is 13.8. The molecule has 1 aromatic heterocycles. The molecule has 0 saturated carbocycles. The van der Waals surface area contributed by atoms with E-state index in [1.165, 1.54) is 0 Å². The summed E-state index contributed by atoms with van der Waals surface area (Å²) in [4.78, 5) is 18.7. The van der Waals surface area contributed by atoms with Crippen molar-refractivity contribution in [3.63, 3.8) is 0 Å². The molecular weight excluding hydrogens is 264 g/mol. The molecule has 1 unspecified atom stereocenters. The van der Waals surface area contributed by atoms with Gasteiger partial charge in [0.05, 0.1) is 6.10 Å². The third-order valence-corrected chi connectivity index (χ3v) is 3.83. The van der Waals surface area contributed by atoms with Crippen LogP contribution in [0, 0.1) is 6.92 Å². The van der Waals surface area contributed by atoms with Gasteiger partial charge in [-0.3, -0.25) is 9.78 Å². The van der Waals surface area contributed by atoms with Crippen LogP contribution in [0.25, 0.3) is 0 Å². The van der Waals surface area contributed by atoms with E-state index in [9.17, 15) is 9.90 Å². The number of aromatic nitrogens is 1. The lowest BCUT2D eigenvalue weighted by Crippen LogP contribution is -2.31. The third-order valence-electron chi connectivity index (χ3n) is 3.83. The number of carbonyl (C=O) groups excluding carboxylic acids is 1. The van der Waals surface area contributed by atoms with Crippen LogP contribution >= 0.6 is 0 Å². The number of rotatable bonds is 1. The van der Waals surface area contributed by atoms with Gasteiger partial charge in [-0.15, -0.1) is 0 Å². The summed E-state index contributed by atoms with van der Waals surface area (Å²) in [7, 11) is 0.